The fourth-order valence-corrected chi connectivity index (χ4v) is 3.90. The van der Waals surface area contributed by atoms with E-state index in [1.54, 1.807) is 6.92 Å². The van der Waals surface area contributed by atoms with Crippen LogP contribution in [0.4, 0.5) is 27.6 Å². The first-order valence-electron chi connectivity index (χ1n) is 11.1. The number of halogens is 5. The number of nitriles is 1. The third-order valence-electron chi connectivity index (χ3n) is 5.70. The molecule has 2 aromatic carbocycles. The van der Waals surface area contributed by atoms with Crippen LogP contribution in [0.25, 0.3) is 22.6 Å². The summed E-state index contributed by atoms with van der Waals surface area (Å²) in [5.41, 5.74) is -4.72. The van der Waals surface area contributed by atoms with Crippen molar-refractivity contribution < 1.29 is 36.0 Å². The number of pyridine rings is 1. The molecule has 0 bridgehead atoms. The Morgan fingerprint density at radius 3 is 2.46 bits per heavy atom. The molecule has 0 aliphatic carbocycles. The minimum absolute atomic E-state index is 0.00652. The van der Waals surface area contributed by atoms with Crippen molar-refractivity contribution in [2.24, 2.45) is 0 Å². The van der Waals surface area contributed by atoms with E-state index in [1.807, 2.05) is 0 Å². The van der Waals surface area contributed by atoms with E-state index in [0.717, 1.165) is 18.4 Å². The maximum absolute atomic E-state index is 14.4. The second-order valence-electron chi connectivity index (χ2n) is 8.13. The average molecular weight is 545 g/mol. The lowest BCUT2D eigenvalue weighted by Gasteiger charge is -2.16. The van der Waals surface area contributed by atoms with Crippen molar-refractivity contribution in [1.82, 2.24) is 4.57 Å². The van der Waals surface area contributed by atoms with Gasteiger partial charge in [0.05, 0.1) is 35.6 Å². The largest absolute Gasteiger partial charge is 0.487 e. The fraction of sp³-hybridized carbons (Fsp3) is 0.154. The standard InChI is InChI=1S/C26H16F5N3O5/c1-2-38-23-6-4-14(7-22(23)34(36)37)16-8-24(39-13-16)21-10-19(26(29,30)31)18(11-32)25(35)33(21)12-15-3-5-17(27)9-20(15)28/h3-10,13H,2,12H2,1H3. The predicted octanol–water partition coefficient (Wildman–Crippen LogP) is 6.30. The Labute approximate surface area is 216 Å². The molecule has 0 N–H and O–H groups in total. The zero-order chi connectivity index (χ0) is 28.5. The number of hydrogen-bond donors (Lipinski definition) is 0. The Morgan fingerprint density at radius 1 is 1.10 bits per heavy atom. The molecule has 0 radical (unpaired) electrons. The first kappa shape index (κ1) is 27.1. The highest BCUT2D eigenvalue weighted by Crippen LogP contribution is 2.37. The van der Waals surface area contributed by atoms with Crippen molar-refractivity contribution in [2.45, 2.75) is 19.6 Å². The van der Waals surface area contributed by atoms with Crippen LogP contribution in [0.1, 0.15) is 23.6 Å². The van der Waals surface area contributed by atoms with E-state index >= 15 is 0 Å². The Bertz CT molecular complexity index is 1680. The SMILES string of the molecule is CCOc1ccc(-c2coc(-c3cc(C(F)(F)F)c(C#N)c(=O)n3Cc3ccc(F)cc3F)c2)cc1[N+](=O)[O-]. The van der Waals surface area contributed by atoms with Crippen molar-refractivity contribution in [3.63, 3.8) is 0 Å². The molecular weight excluding hydrogens is 529 g/mol. The summed E-state index contributed by atoms with van der Waals surface area (Å²) in [4.78, 5) is 23.9. The molecule has 0 amide bonds. The molecule has 2 heterocycles. The minimum Gasteiger partial charge on any atom is -0.487 e. The van der Waals surface area contributed by atoms with Gasteiger partial charge in [-0.15, -0.1) is 0 Å². The highest BCUT2D eigenvalue weighted by Gasteiger charge is 2.37. The summed E-state index contributed by atoms with van der Waals surface area (Å²) in [5.74, 6) is -2.25. The van der Waals surface area contributed by atoms with Crippen LogP contribution in [-0.4, -0.2) is 16.1 Å². The number of rotatable bonds is 7. The Hall–Kier alpha value is -4.99. The quantitative estimate of drug-likeness (QED) is 0.153. The van der Waals surface area contributed by atoms with Gasteiger partial charge < -0.3 is 9.15 Å². The van der Waals surface area contributed by atoms with Crippen molar-refractivity contribution in [3.05, 3.63) is 104 Å². The second kappa shape index (κ2) is 10.4. The molecule has 0 saturated carbocycles. The minimum atomic E-state index is -5.09. The van der Waals surface area contributed by atoms with Gasteiger partial charge in [-0.1, -0.05) is 12.1 Å². The van der Waals surface area contributed by atoms with Crippen molar-refractivity contribution in [1.29, 1.82) is 5.26 Å². The number of benzene rings is 2. The first-order valence-corrected chi connectivity index (χ1v) is 11.1. The summed E-state index contributed by atoms with van der Waals surface area (Å²) >= 11 is 0. The number of hydrogen-bond acceptors (Lipinski definition) is 6. The van der Waals surface area contributed by atoms with Crippen molar-refractivity contribution >= 4 is 5.69 Å². The summed E-state index contributed by atoms with van der Waals surface area (Å²) in [6, 6.07) is 9.45. The van der Waals surface area contributed by atoms with E-state index in [4.69, 9.17) is 9.15 Å². The zero-order valence-corrected chi connectivity index (χ0v) is 19.9. The molecule has 0 fully saturated rings. The third kappa shape index (κ3) is 5.35. The molecule has 2 aromatic heterocycles. The molecular formula is C26H16F5N3O5. The van der Waals surface area contributed by atoms with Crippen molar-refractivity contribution in [3.8, 4) is 34.4 Å². The Kier molecular flexibility index (Phi) is 7.22. The molecule has 0 spiro atoms. The molecule has 0 unspecified atom stereocenters. The number of alkyl halides is 3. The van der Waals surface area contributed by atoms with Gasteiger partial charge in [-0.3, -0.25) is 19.5 Å². The smallest absolute Gasteiger partial charge is 0.417 e. The molecule has 0 atom stereocenters. The van der Waals surface area contributed by atoms with Crippen LogP contribution < -0.4 is 10.3 Å². The molecule has 39 heavy (non-hydrogen) atoms. The lowest BCUT2D eigenvalue weighted by Crippen LogP contribution is -2.29. The van der Waals surface area contributed by atoms with Crippen LogP contribution >= 0.6 is 0 Å². The van der Waals surface area contributed by atoms with Gasteiger partial charge in [0.25, 0.3) is 5.56 Å². The lowest BCUT2D eigenvalue weighted by atomic mass is 10.0. The van der Waals surface area contributed by atoms with Gasteiger partial charge in [-0.05, 0) is 36.8 Å². The van der Waals surface area contributed by atoms with Gasteiger partial charge in [-0.25, -0.2) is 8.78 Å². The maximum atomic E-state index is 14.4. The van der Waals surface area contributed by atoms with Gasteiger partial charge in [0.2, 0.25) is 0 Å². The van der Waals surface area contributed by atoms with Crippen LogP contribution in [0.5, 0.6) is 5.75 Å². The van der Waals surface area contributed by atoms with Crippen LogP contribution in [0.2, 0.25) is 0 Å². The van der Waals surface area contributed by atoms with Crippen molar-refractivity contribution in [2.75, 3.05) is 6.61 Å². The summed E-state index contributed by atoms with van der Waals surface area (Å²) in [7, 11) is 0. The average Bonchev–Trinajstić information content (AvgIpc) is 3.36. The monoisotopic (exact) mass is 545 g/mol. The van der Waals surface area contributed by atoms with E-state index in [0.29, 0.717) is 16.7 Å². The number of nitrogens with zero attached hydrogens (tertiary/aromatic N) is 3. The number of furan rings is 1. The summed E-state index contributed by atoms with van der Waals surface area (Å²) in [6.07, 6.45) is -3.99. The highest BCUT2D eigenvalue weighted by molar-refractivity contribution is 5.72. The molecule has 200 valence electrons. The van der Waals surface area contributed by atoms with E-state index in [-0.39, 0.29) is 40.5 Å². The van der Waals surface area contributed by atoms with Gasteiger partial charge in [-0.2, -0.15) is 18.4 Å². The third-order valence-corrected chi connectivity index (χ3v) is 5.70. The first-order chi connectivity index (χ1) is 18.4. The molecule has 8 nitrogen and oxygen atoms in total. The topological polar surface area (TPSA) is 111 Å². The number of ether oxygens (including phenoxy) is 1. The van der Waals surface area contributed by atoms with Crippen LogP contribution in [-0.2, 0) is 12.7 Å². The number of aromatic nitrogens is 1. The lowest BCUT2D eigenvalue weighted by molar-refractivity contribution is -0.385. The summed E-state index contributed by atoms with van der Waals surface area (Å²) < 4.78 is 80.4. The zero-order valence-electron chi connectivity index (χ0n) is 19.9. The van der Waals surface area contributed by atoms with E-state index in [9.17, 15) is 42.1 Å². The molecule has 0 aliphatic rings. The van der Waals surface area contributed by atoms with Gasteiger partial charge in [0, 0.05) is 23.3 Å². The molecule has 0 aliphatic heterocycles. The van der Waals surface area contributed by atoms with E-state index in [2.05, 4.69) is 0 Å². The molecule has 4 aromatic rings. The number of nitro benzene ring substituents is 1. The maximum Gasteiger partial charge on any atom is 0.417 e. The van der Waals surface area contributed by atoms with Crippen LogP contribution in [0.3, 0.4) is 0 Å². The van der Waals surface area contributed by atoms with Crippen LogP contribution in [0, 0.1) is 33.1 Å². The normalized spacial score (nSPS) is 11.3. The fourth-order valence-electron chi connectivity index (χ4n) is 3.90. The van der Waals surface area contributed by atoms with Crippen LogP contribution in [0.15, 0.2) is 64.0 Å². The second-order valence-corrected chi connectivity index (χ2v) is 8.13. The van der Waals surface area contributed by atoms with E-state index < -0.39 is 51.7 Å². The highest BCUT2D eigenvalue weighted by atomic mass is 19.4. The summed E-state index contributed by atoms with van der Waals surface area (Å²) in [5, 5.41) is 20.8. The number of nitro groups is 1. The molecule has 4 rings (SSSR count). The Morgan fingerprint density at radius 2 is 1.85 bits per heavy atom. The van der Waals surface area contributed by atoms with Gasteiger partial charge in [0.1, 0.15) is 23.3 Å². The van der Waals surface area contributed by atoms with E-state index in [1.165, 1.54) is 30.3 Å². The predicted molar refractivity (Wildman–Crippen MR) is 127 cm³/mol. The summed E-state index contributed by atoms with van der Waals surface area (Å²) in [6.45, 7) is 1.16. The van der Waals surface area contributed by atoms with Gasteiger partial charge >= 0.3 is 11.9 Å². The molecule has 13 heteroatoms. The molecule has 0 saturated heterocycles. The Balaban J connectivity index is 1.90. The van der Waals surface area contributed by atoms with Gasteiger partial charge in [0.15, 0.2) is 11.5 Å².